The van der Waals surface area contributed by atoms with Gasteiger partial charge in [-0.05, 0) is 6.92 Å². The van der Waals surface area contributed by atoms with Crippen LogP contribution in [0.5, 0.6) is 0 Å². The molecule has 0 saturated carbocycles. The van der Waals surface area contributed by atoms with Crippen molar-refractivity contribution < 1.29 is 13.7 Å². The molecule has 9 heteroatoms. The number of aromatic nitrogens is 3. The SMILES string of the molecule is CC(Cl)c1cn(-c2c(F)cc(F)cc2[N+](=O)[O-])nn1. The zero-order valence-corrected chi connectivity index (χ0v) is 10.3. The molecule has 2 rings (SSSR count). The van der Waals surface area contributed by atoms with Gasteiger partial charge in [-0.1, -0.05) is 5.21 Å². The minimum Gasteiger partial charge on any atom is -0.258 e. The van der Waals surface area contributed by atoms with Crippen LogP contribution in [0.4, 0.5) is 14.5 Å². The number of hydrogen-bond donors (Lipinski definition) is 0. The molecule has 19 heavy (non-hydrogen) atoms. The normalized spacial score (nSPS) is 12.4. The molecule has 0 radical (unpaired) electrons. The summed E-state index contributed by atoms with van der Waals surface area (Å²) in [6.45, 7) is 1.62. The van der Waals surface area contributed by atoms with E-state index in [1.165, 1.54) is 6.20 Å². The lowest BCUT2D eigenvalue weighted by atomic mass is 10.2. The summed E-state index contributed by atoms with van der Waals surface area (Å²) in [5.74, 6) is -2.15. The lowest BCUT2D eigenvalue weighted by molar-refractivity contribution is -0.385. The molecule has 0 N–H and O–H groups in total. The Morgan fingerprint density at radius 3 is 2.68 bits per heavy atom. The van der Waals surface area contributed by atoms with Gasteiger partial charge in [0.2, 0.25) is 0 Å². The van der Waals surface area contributed by atoms with Crippen molar-refractivity contribution in [2.75, 3.05) is 0 Å². The monoisotopic (exact) mass is 288 g/mol. The van der Waals surface area contributed by atoms with Gasteiger partial charge in [0.15, 0.2) is 11.5 Å². The van der Waals surface area contributed by atoms with Gasteiger partial charge in [0.05, 0.1) is 22.6 Å². The van der Waals surface area contributed by atoms with Crippen LogP contribution < -0.4 is 0 Å². The minimum atomic E-state index is -1.11. The van der Waals surface area contributed by atoms with E-state index in [2.05, 4.69) is 10.3 Å². The Bertz CT molecular complexity index is 644. The van der Waals surface area contributed by atoms with Crippen molar-refractivity contribution >= 4 is 17.3 Å². The first-order valence-corrected chi connectivity index (χ1v) is 5.54. The summed E-state index contributed by atoms with van der Waals surface area (Å²) < 4.78 is 27.6. The van der Waals surface area contributed by atoms with Gasteiger partial charge in [-0.25, -0.2) is 13.5 Å². The zero-order chi connectivity index (χ0) is 14.2. The molecule has 0 spiro atoms. The molecule has 1 heterocycles. The highest BCUT2D eigenvalue weighted by molar-refractivity contribution is 6.20. The summed E-state index contributed by atoms with van der Waals surface area (Å²) in [4.78, 5) is 9.93. The van der Waals surface area contributed by atoms with Crippen molar-refractivity contribution in [3.63, 3.8) is 0 Å². The van der Waals surface area contributed by atoms with Gasteiger partial charge in [-0.15, -0.1) is 16.7 Å². The molecular weight excluding hydrogens is 282 g/mol. The molecule has 100 valence electrons. The van der Waals surface area contributed by atoms with E-state index in [-0.39, 0.29) is 0 Å². The lowest BCUT2D eigenvalue weighted by Gasteiger charge is -2.03. The Hall–Kier alpha value is -2.09. The second kappa shape index (κ2) is 4.88. The molecule has 6 nitrogen and oxygen atoms in total. The van der Waals surface area contributed by atoms with E-state index >= 15 is 0 Å². The summed E-state index contributed by atoms with van der Waals surface area (Å²) in [6, 6.07) is 1.15. The highest BCUT2D eigenvalue weighted by Gasteiger charge is 2.23. The Morgan fingerprint density at radius 2 is 2.16 bits per heavy atom. The third-order valence-corrected chi connectivity index (χ3v) is 2.58. The van der Waals surface area contributed by atoms with Gasteiger partial charge < -0.3 is 0 Å². The van der Waals surface area contributed by atoms with Crippen LogP contribution in [0.25, 0.3) is 5.69 Å². The fraction of sp³-hybridized carbons (Fsp3) is 0.200. The van der Waals surface area contributed by atoms with Gasteiger partial charge in [-0.3, -0.25) is 10.1 Å². The van der Waals surface area contributed by atoms with E-state index in [9.17, 15) is 18.9 Å². The van der Waals surface area contributed by atoms with E-state index in [1.807, 2.05) is 0 Å². The number of nitrogens with zero attached hydrogens (tertiary/aromatic N) is 4. The van der Waals surface area contributed by atoms with Crippen LogP contribution >= 0.6 is 11.6 Å². The fourth-order valence-corrected chi connectivity index (χ4v) is 1.59. The molecule has 2 aromatic rings. The number of nitro groups is 1. The third-order valence-electron chi connectivity index (χ3n) is 2.35. The maximum atomic E-state index is 13.7. The van der Waals surface area contributed by atoms with Crippen LogP contribution in [-0.2, 0) is 0 Å². The van der Waals surface area contributed by atoms with E-state index in [1.54, 1.807) is 6.92 Å². The molecule has 1 atom stereocenters. The van der Waals surface area contributed by atoms with Crippen molar-refractivity contribution in [2.45, 2.75) is 12.3 Å². The van der Waals surface area contributed by atoms with Crippen molar-refractivity contribution in [3.8, 4) is 5.69 Å². The van der Waals surface area contributed by atoms with Gasteiger partial charge in [-0.2, -0.15) is 0 Å². The molecule has 0 amide bonds. The number of alkyl halides is 1. The van der Waals surface area contributed by atoms with E-state index in [0.29, 0.717) is 17.8 Å². The quantitative estimate of drug-likeness (QED) is 0.494. The maximum absolute atomic E-state index is 13.7. The average molecular weight is 289 g/mol. The maximum Gasteiger partial charge on any atom is 0.300 e. The minimum absolute atomic E-state index is 0.319. The second-order valence-electron chi connectivity index (χ2n) is 3.72. The molecule has 0 fully saturated rings. The molecular formula is C10H7ClF2N4O2. The molecule has 1 aromatic heterocycles. The van der Waals surface area contributed by atoms with Crippen LogP contribution in [0.1, 0.15) is 18.0 Å². The van der Waals surface area contributed by atoms with Crippen molar-refractivity contribution in [2.24, 2.45) is 0 Å². The van der Waals surface area contributed by atoms with Crippen LogP contribution in [0.3, 0.4) is 0 Å². The zero-order valence-electron chi connectivity index (χ0n) is 9.55. The largest absolute Gasteiger partial charge is 0.300 e. The van der Waals surface area contributed by atoms with E-state index < -0.39 is 33.3 Å². The third kappa shape index (κ3) is 2.53. The number of rotatable bonds is 3. The van der Waals surface area contributed by atoms with Crippen LogP contribution in [0.2, 0.25) is 0 Å². The fourth-order valence-electron chi connectivity index (χ4n) is 1.49. The van der Waals surface area contributed by atoms with Crippen molar-refractivity contribution in [1.29, 1.82) is 0 Å². The molecule has 0 saturated heterocycles. The molecule has 0 aliphatic carbocycles. The summed E-state index contributed by atoms with van der Waals surface area (Å²) in [6.07, 6.45) is 1.25. The predicted molar refractivity (Wildman–Crippen MR) is 62.2 cm³/mol. The number of nitro benzene ring substituents is 1. The molecule has 0 bridgehead atoms. The van der Waals surface area contributed by atoms with Gasteiger partial charge in [0.1, 0.15) is 11.5 Å². The van der Waals surface area contributed by atoms with Gasteiger partial charge in [0.25, 0.3) is 0 Å². The lowest BCUT2D eigenvalue weighted by Crippen LogP contribution is -2.05. The van der Waals surface area contributed by atoms with Crippen molar-refractivity contribution in [3.05, 3.63) is 45.8 Å². The van der Waals surface area contributed by atoms with Crippen LogP contribution in [-0.4, -0.2) is 19.9 Å². The molecule has 0 aliphatic rings. The molecule has 0 aliphatic heterocycles. The Kier molecular flexibility index (Phi) is 3.43. The Labute approximate surface area is 110 Å². The number of benzene rings is 1. The van der Waals surface area contributed by atoms with E-state index in [0.717, 1.165) is 4.68 Å². The highest BCUT2D eigenvalue weighted by atomic mass is 35.5. The Morgan fingerprint density at radius 1 is 1.47 bits per heavy atom. The predicted octanol–water partition coefficient (Wildman–Crippen LogP) is 2.75. The van der Waals surface area contributed by atoms with Crippen molar-refractivity contribution in [1.82, 2.24) is 15.0 Å². The smallest absolute Gasteiger partial charge is 0.258 e. The summed E-state index contributed by atoms with van der Waals surface area (Å²) in [5, 5.41) is 17.5. The summed E-state index contributed by atoms with van der Waals surface area (Å²) in [7, 11) is 0. The number of hydrogen-bond acceptors (Lipinski definition) is 4. The molecule has 1 unspecified atom stereocenters. The summed E-state index contributed by atoms with van der Waals surface area (Å²) >= 11 is 5.77. The van der Waals surface area contributed by atoms with Gasteiger partial charge >= 0.3 is 5.69 Å². The first-order valence-electron chi connectivity index (χ1n) is 5.10. The standard InChI is InChI=1S/C10H7ClF2N4O2/c1-5(11)8-4-16(15-14-8)10-7(13)2-6(12)3-9(10)17(18)19/h2-5H,1H3. The van der Waals surface area contributed by atoms with Gasteiger partial charge in [0, 0.05) is 6.07 Å². The topological polar surface area (TPSA) is 73.8 Å². The highest BCUT2D eigenvalue weighted by Crippen LogP contribution is 2.27. The van der Waals surface area contributed by atoms with Crippen LogP contribution in [0, 0.1) is 21.7 Å². The second-order valence-corrected chi connectivity index (χ2v) is 4.37. The van der Waals surface area contributed by atoms with E-state index in [4.69, 9.17) is 11.6 Å². The summed E-state index contributed by atoms with van der Waals surface area (Å²) in [5.41, 5.74) is -0.904. The first kappa shape index (κ1) is 13.3. The first-order chi connectivity index (χ1) is 8.90. The average Bonchev–Trinajstić information content (AvgIpc) is 2.76. The molecule has 1 aromatic carbocycles. The number of halogens is 3. The Balaban J connectivity index is 2.63. The van der Waals surface area contributed by atoms with Crippen LogP contribution in [0.15, 0.2) is 18.3 Å².